The van der Waals surface area contributed by atoms with Gasteiger partial charge in [-0.1, -0.05) is 18.2 Å². The summed E-state index contributed by atoms with van der Waals surface area (Å²) >= 11 is 0. The summed E-state index contributed by atoms with van der Waals surface area (Å²) < 4.78 is 15.1. The number of carbonyl (C=O) groups is 1. The lowest BCUT2D eigenvalue weighted by atomic mass is 10.1. The van der Waals surface area contributed by atoms with Gasteiger partial charge in [-0.2, -0.15) is 5.10 Å². The van der Waals surface area contributed by atoms with E-state index in [0.717, 1.165) is 16.8 Å². The number of halogens is 1. The SMILES string of the molecule is CNC(=O)c1cnn2ccc(/C(=C/C(=N)NCc3cccc(F)c3)Nc3cccc(C)n3)cc12. The second kappa shape index (κ2) is 9.95. The molecule has 4 N–H and O–H groups in total. The minimum Gasteiger partial charge on any atom is -0.366 e. The van der Waals surface area contributed by atoms with Gasteiger partial charge in [0.05, 0.1) is 23.0 Å². The minimum absolute atomic E-state index is 0.124. The highest BCUT2D eigenvalue weighted by atomic mass is 19.1. The number of nitrogens with zero attached hydrogens (tertiary/aromatic N) is 3. The molecule has 3 aromatic heterocycles. The predicted octanol–water partition coefficient (Wildman–Crippen LogP) is 3.76. The molecule has 1 amide bonds. The Morgan fingerprint density at radius 2 is 2.00 bits per heavy atom. The molecule has 34 heavy (non-hydrogen) atoms. The van der Waals surface area contributed by atoms with Crippen molar-refractivity contribution in [3.63, 3.8) is 0 Å². The smallest absolute Gasteiger partial charge is 0.254 e. The molecule has 1 aromatic carbocycles. The fraction of sp³-hybridized carbons (Fsp3) is 0.120. The number of fused-ring (bicyclic) bond motifs is 1. The average molecular weight is 458 g/mol. The van der Waals surface area contributed by atoms with E-state index in [0.29, 0.717) is 29.1 Å². The van der Waals surface area contributed by atoms with Crippen molar-refractivity contribution in [2.45, 2.75) is 13.5 Å². The highest BCUT2D eigenvalue weighted by molar-refractivity contribution is 6.02. The van der Waals surface area contributed by atoms with Crippen LogP contribution in [0.3, 0.4) is 0 Å². The first kappa shape index (κ1) is 22.7. The standard InChI is InChI=1S/C25H24FN7O/c1-16-5-3-8-24(31-16)32-21(13-23(27)29-14-17-6-4-7-19(26)11-17)18-9-10-33-22(12-18)20(15-30-33)25(34)28-2/h3-13,15H,14H2,1-2H3,(H2,27,29)(H,28,34)(H,31,32)/b21-13-. The summed E-state index contributed by atoms with van der Waals surface area (Å²) in [4.78, 5) is 16.7. The molecule has 3 heterocycles. The molecule has 0 aliphatic rings. The first-order valence-corrected chi connectivity index (χ1v) is 10.6. The van der Waals surface area contributed by atoms with Crippen LogP contribution in [0, 0.1) is 18.2 Å². The zero-order valence-electron chi connectivity index (χ0n) is 18.8. The topological polar surface area (TPSA) is 107 Å². The lowest BCUT2D eigenvalue weighted by Crippen LogP contribution is -2.21. The fourth-order valence-corrected chi connectivity index (χ4v) is 3.44. The number of hydrogen-bond acceptors (Lipinski definition) is 5. The quantitative estimate of drug-likeness (QED) is 0.250. The molecule has 0 unspecified atom stereocenters. The molecular weight excluding hydrogens is 433 g/mol. The van der Waals surface area contributed by atoms with Crippen molar-refractivity contribution in [1.82, 2.24) is 25.2 Å². The first-order chi connectivity index (χ1) is 16.4. The van der Waals surface area contributed by atoms with Gasteiger partial charge in [-0.25, -0.2) is 13.9 Å². The minimum atomic E-state index is -0.324. The van der Waals surface area contributed by atoms with Gasteiger partial charge >= 0.3 is 0 Å². The molecule has 0 saturated carbocycles. The predicted molar refractivity (Wildman–Crippen MR) is 130 cm³/mol. The third-order valence-corrected chi connectivity index (χ3v) is 5.12. The molecule has 0 atom stereocenters. The maximum absolute atomic E-state index is 13.5. The Morgan fingerprint density at radius 1 is 1.18 bits per heavy atom. The third kappa shape index (κ3) is 5.26. The maximum Gasteiger partial charge on any atom is 0.254 e. The number of pyridine rings is 2. The van der Waals surface area contributed by atoms with Crippen LogP contribution in [0.5, 0.6) is 0 Å². The molecule has 0 radical (unpaired) electrons. The summed E-state index contributed by atoms with van der Waals surface area (Å²) in [5, 5.41) is 21.5. The maximum atomic E-state index is 13.5. The second-order valence-electron chi connectivity index (χ2n) is 7.63. The van der Waals surface area contributed by atoms with Crippen LogP contribution in [0.1, 0.15) is 27.2 Å². The van der Waals surface area contributed by atoms with Crippen LogP contribution in [0.4, 0.5) is 10.2 Å². The van der Waals surface area contributed by atoms with E-state index in [1.165, 1.54) is 18.3 Å². The molecule has 9 heteroatoms. The van der Waals surface area contributed by atoms with Crippen molar-refractivity contribution in [2.75, 3.05) is 12.4 Å². The van der Waals surface area contributed by atoms with E-state index < -0.39 is 0 Å². The highest BCUT2D eigenvalue weighted by Crippen LogP contribution is 2.21. The number of amides is 1. The summed E-state index contributed by atoms with van der Waals surface area (Å²) in [7, 11) is 1.57. The van der Waals surface area contributed by atoms with E-state index in [4.69, 9.17) is 5.41 Å². The van der Waals surface area contributed by atoms with Gasteiger partial charge in [0.1, 0.15) is 17.5 Å². The highest BCUT2D eigenvalue weighted by Gasteiger charge is 2.14. The number of nitrogens with one attached hydrogen (secondary N) is 4. The monoisotopic (exact) mass is 457 g/mol. The van der Waals surface area contributed by atoms with Gasteiger partial charge in [0, 0.05) is 37.1 Å². The van der Waals surface area contributed by atoms with Crippen molar-refractivity contribution in [1.29, 1.82) is 5.41 Å². The molecule has 0 saturated heterocycles. The van der Waals surface area contributed by atoms with Crippen LogP contribution < -0.4 is 16.0 Å². The van der Waals surface area contributed by atoms with Crippen molar-refractivity contribution >= 4 is 28.8 Å². The van der Waals surface area contributed by atoms with E-state index in [2.05, 4.69) is 26.0 Å². The molecular formula is C25H24FN7O. The number of aryl methyl sites for hydroxylation is 1. The molecule has 0 fully saturated rings. The summed E-state index contributed by atoms with van der Waals surface area (Å²) in [6, 6.07) is 15.5. The van der Waals surface area contributed by atoms with Gasteiger partial charge in [0.2, 0.25) is 0 Å². The Balaban J connectivity index is 1.67. The molecule has 4 aromatic rings. The summed E-state index contributed by atoms with van der Waals surface area (Å²) in [6.45, 7) is 2.19. The van der Waals surface area contributed by atoms with Crippen molar-refractivity contribution in [3.05, 3.63) is 101 Å². The van der Waals surface area contributed by atoms with Gasteiger partial charge in [0.25, 0.3) is 5.91 Å². The largest absolute Gasteiger partial charge is 0.366 e. The van der Waals surface area contributed by atoms with Crippen molar-refractivity contribution < 1.29 is 9.18 Å². The zero-order valence-corrected chi connectivity index (χ0v) is 18.8. The number of carbonyl (C=O) groups excluding carboxylic acids is 1. The lowest BCUT2D eigenvalue weighted by molar-refractivity contribution is 0.0964. The molecule has 0 aliphatic heterocycles. The normalized spacial score (nSPS) is 11.3. The van der Waals surface area contributed by atoms with E-state index >= 15 is 0 Å². The Hall–Kier alpha value is -4.53. The third-order valence-electron chi connectivity index (χ3n) is 5.12. The first-order valence-electron chi connectivity index (χ1n) is 10.6. The van der Waals surface area contributed by atoms with Gasteiger partial charge < -0.3 is 16.0 Å². The van der Waals surface area contributed by atoms with Crippen LogP contribution in [-0.2, 0) is 6.54 Å². The number of benzene rings is 1. The molecule has 0 spiro atoms. The Morgan fingerprint density at radius 3 is 2.76 bits per heavy atom. The Bertz CT molecular complexity index is 1390. The van der Waals surface area contributed by atoms with Crippen molar-refractivity contribution in [3.8, 4) is 0 Å². The van der Waals surface area contributed by atoms with Gasteiger partial charge in [-0.05, 0) is 48.9 Å². The zero-order chi connectivity index (χ0) is 24.1. The van der Waals surface area contributed by atoms with Crippen LogP contribution >= 0.6 is 0 Å². The van der Waals surface area contributed by atoms with Crippen LogP contribution in [0.2, 0.25) is 0 Å². The number of aromatic nitrogens is 3. The van der Waals surface area contributed by atoms with E-state index in [9.17, 15) is 9.18 Å². The van der Waals surface area contributed by atoms with Crippen LogP contribution in [0.15, 0.2) is 73.1 Å². The van der Waals surface area contributed by atoms with Crippen LogP contribution in [0.25, 0.3) is 11.2 Å². The Kier molecular flexibility index (Phi) is 6.63. The van der Waals surface area contributed by atoms with E-state index in [-0.39, 0.29) is 17.6 Å². The number of rotatable bonds is 7. The van der Waals surface area contributed by atoms with Gasteiger partial charge in [-0.3, -0.25) is 10.2 Å². The van der Waals surface area contributed by atoms with Gasteiger partial charge in [0.15, 0.2) is 0 Å². The van der Waals surface area contributed by atoms with Crippen molar-refractivity contribution in [2.24, 2.45) is 0 Å². The molecule has 0 aliphatic carbocycles. The van der Waals surface area contributed by atoms with Crippen LogP contribution in [-0.4, -0.2) is 33.4 Å². The molecule has 4 rings (SSSR count). The summed E-state index contributed by atoms with van der Waals surface area (Å²) in [6.07, 6.45) is 4.89. The molecule has 8 nitrogen and oxygen atoms in total. The number of amidine groups is 1. The summed E-state index contributed by atoms with van der Waals surface area (Å²) in [5.41, 5.74) is 3.97. The number of hydrogen-bond donors (Lipinski definition) is 4. The lowest BCUT2D eigenvalue weighted by Gasteiger charge is -2.13. The number of anilines is 1. The van der Waals surface area contributed by atoms with E-state index in [1.807, 2.05) is 37.3 Å². The summed E-state index contributed by atoms with van der Waals surface area (Å²) in [5.74, 6) is 0.175. The average Bonchev–Trinajstić information content (AvgIpc) is 3.25. The fourth-order valence-electron chi connectivity index (χ4n) is 3.44. The second-order valence-corrected chi connectivity index (χ2v) is 7.63. The van der Waals surface area contributed by atoms with Gasteiger partial charge in [-0.15, -0.1) is 0 Å². The van der Waals surface area contributed by atoms with E-state index in [1.54, 1.807) is 36.0 Å². The Labute approximate surface area is 196 Å². The molecule has 172 valence electrons. The molecule has 0 bridgehead atoms.